The highest BCUT2D eigenvalue weighted by molar-refractivity contribution is 8.00. The fourth-order valence-electron chi connectivity index (χ4n) is 2.34. The average Bonchev–Trinajstić information content (AvgIpc) is 2.64. The number of hydrogen-bond acceptors (Lipinski definition) is 5. The molecule has 0 radical (unpaired) electrons. The van der Waals surface area contributed by atoms with Crippen molar-refractivity contribution in [1.82, 2.24) is 9.97 Å². The maximum absolute atomic E-state index is 12.7. The number of benzene rings is 2. The molecular weight excluding hydrogens is 391 g/mol. The minimum Gasteiger partial charge on any atom is -0.424 e. The van der Waals surface area contributed by atoms with Crippen LogP contribution in [0, 0.1) is 6.92 Å². The van der Waals surface area contributed by atoms with Crippen LogP contribution < -0.4 is 10.1 Å². The molecule has 28 heavy (non-hydrogen) atoms. The summed E-state index contributed by atoms with van der Waals surface area (Å²) in [6, 6.07) is 12.3. The molecule has 144 valence electrons. The molecule has 0 bridgehead atoms. The number of ether oxygens (including phenoxy) is 1. The van der Waals surface area contributed by atoms with Crippen molar-refractivity contribution < 1.29 is 22.7 Å². The highest BCUT2D eigenvalue weighted by atomic mass is 32.2. The molecule has 0 saturated carbocycles. The summed E-state index contributed by atoms with van der Waals surface area (Å²) < 4.78 is 43.6. The molecule has 1 heterocycles. The number of rotatable bonds is 5. The van der Waals surface area contributed by atoms with Crippen LogP contribution in [0.25, 0.3) is 0 Å². The lowest BCUT2D eigenvalue weighted by Crippen LogP contribution is -2.14. The third kappa shape index (κ3) is 5.23. The molecule has 0 fully saturated rings. The summed E-state index contributed by atoms with van der Waals surface area (Å²) in [6.45, 7) is 1.74. The molecule has 3 aromatic rings. The topological polar surface area (TPSA) is 64.1 Å². The average molecular weight is 405 g/mol. The summed E-state index contributed by atoms with van der Waals surface area (Å²) in [5.41, 5.74) is -3.41. The monoisotopic (exact) mass is 405 g/mol. The fraction of sp³-hybridized carbons (Fsp3) is 0.105. The van der Waals surface area contributed by atoms with Gasteiger partial charge in [0, 0.05) is 23.0 Å². The van der Waals surface area contributed by atoms with Crippen molar-refractivity contribution in [3.8, 4) is 11.8 Å². The minimum atomic E-state index is -4.48. The molecule has 0 unspecified atom stereocenters. The lowest BCUT2D eigenvalue weighted by molar-refractivity contribution is -0.0328. The van der Waals surface area contributed by atoms with Crippen molar-refractivity contribution in [1.29, 1.82) is 0 Å². The van der Waals surface area contributed by atoms with Crippen LogP contribution in [0.1, 0.15) is 15.9 Å². The molecule has 1 aromatic heterocycles. The van der Waals surface area contributed by atoms with Crippen molar-refractivity contribution >= 4 is 23.4 Å². The van der Waals surface area contributed by atoms with Crippen LogP contribution in [0.5, 0.6) is 11.8 Å². The van der Waals surface area contributed by atoms with Crippen molar-refractivity contribution in [2.75, 3.05) is 5.32 Å². The predicted molar refractivity (Wildman–Crippen MR) is 99.6 cm³/mol. The van der Waals surface area contributed by atoms with E-state index in [-0.39, 0.29) is 28.2 Å². The van der Waals surface area contributed by atoms with Gasteiger partial charge in [0.2, 0.25) is 0 Å². The third-order valence-electron chi connectivity index (χ3n) is 3.55. The van der Waals surface area contributed by atoms with Crippen LogP contribution >= 0.6 is 11.8 Å². The first-order valence-corrected chi connectivity index (χ1v) is 8.85. The predicted octanol–water partition coefficient (Wildman–Crippen LogP) is 5.44. The largest absolute Gasteiger partial charge is 0.446 e. The molecule has 0 aliphatic rings. The van der Waals surface area contributed by atoms with E-state index in [4.69, 9.17) is 4.74 Å². The van der Waals surface area contributed by atoms with Gasteiger partial charge in [-0.3, -0.25) is 4.79 Å². The number of carbonyl (C=O) groups is 1. The van der Waals surface area contributed by atoms with Gasteiger partial charge in [0.15, 0.2) is 0 Å². The van der Waals surface area contributed by atoms with E-state index < -0.39 is 11.4 Å². The molecule has 1 N–H and O–H groups in total. The smallest absolute Gasteiger partial charge is 0.424 e. The number of anilines is 1. The number of aryl methyl sites for hydroxylation is 1. The molecule has 0 spiro atoms. The van der Waals surface area contributed by atoms with Gasteiger partial charge in [0.05, 0.1) is 5.56 Å². The maximum atomic E-state index is 12.7. The van der Waals surface area contributed by atoms with E-state index in [2.05, 4.69) is 15.3 Å². The standard InChI is InChI=1S/C19H14F3N3O2S/c1-12-11-13(27-18-23-9-4-10-24-18)7-8-15(12)25-17(26)14-5-2-3-6-16(14)28-19(20,21)22/h2-11H,1H3,(H,25,26). The van der Waals surface area contributed by atoms with Gasteiger partial charge in [-0.2, -0.15) is 13.2 Å². The van der Waals surface area contributed by atoms with Crippen LogP contribution in [0.4, 0.5) is 18.9 Å². The van der Waals surface area contributed by atoms with Gasteiger partial charge in [0.25, 0.3) is 5.91 Å². The molecule has 5 nitrogen and oxygen atoms in total. The van der Waals surface area contributed by atoms with Gasteiger partial charge in [0.1, 0.15) is 5.75 Å². The van der Waals surface area contributed by atoms with E-state index in [9.17, 15) is 18.0 Å². The van der Waals surface area contributed by atoms with E-state index in [1.54, 1.807) is 43.6 Å². The van der Waals surface area contributed by atoms with E-state index in [1.165, 1.54) is 24.3 Å². The van der Waals surface area contributed by atoms with Crippen molar-refractivity contribution in [3.05, 3.63) is 72.1 Å². The molecule has 0 aliphatic heterocycles. The summed E-state index contributed by atoms with van der Waals surface area (Å²) in [4.78, 5) is 20.3. The Bertz CT molecular complexity index is 982. The summed E-state index contributed by atoms with van der Waals surface area (Å²) in [7, 11) is 0. The molecule has 9 heteroatoms. The van der Waals surface area contributed by atoms with Crippen LogP contribution in [0.3, 0.4) is 0 Å². The first-order chi connectivity index (χ1) is 13.3. The van der Waals surface area contributed by atoms with Gasteiger partial charge >= 0.3 is 11.5 Å². The number of thioether (sulfide) groups is 1. The van der Waals surface area contributed by atoms with Crippen molar-refractivity contribution in [2.24, 2.45) is 0 Å². The molecular formula is C19H14F3N3O2S. The van der Waals surface area contributed by atoms with Crippen LogP contribution in [0.2, 0.25) is 0 Å². The SMILES string of the molecule is Cc1cc(Oc2ncccn2)ccc1NC(=O)c1ccccc1SC(F)(F)F. The number of amides is 1. The Morgan fingerprint density at radius 1 is 1.07 bits per heavy atom. The Morgan fingerprint density at radius 2 is 1.79 bits per heavy atom. The van der Waals surface area contributed by atoms with Crippen LogP contribution in [-0.2, 0) is 0 Å². The summed E-state index contributed by atoms with van der Waals surface area (Å²) in [5.74, 6) is -0.162. The second-order valence-electron chi connectivity index (χ2n) is 5.61. The lowest BCUT2D eigenvalue weighted by Gasteiger charge is -2.13. The minimum absolute atomic E-state index is 0.0535. The number of nitrogens with zero attached hydrogens (tertiary/aromatic N) is 2. The van der Waals surface area contributed by atoms with E-state index >= 15 is 0 Å². The van der Waals surface area contributed by atoms with Crippen LogP contribution in [0.15, 0.2) is 65.8 Å². The van der Waals surface area contributed by atoms with Gasteiger partial charge in [-0.15, -0.1) is 0 Å². The fourth-order valence-corrected chi connectivity index (χ4v) is 3.01. The Hall–Kier alpha value is -3.07. The quantitative estimate of drug-likeness (QED) is 0.573. The Balaban J connectivity index is 1.76. The molecule has 0 saturated heterocycles. The zero-order chi connectivity index (χ0) is 20.1. The second-order valence-corrected chi connectivity index (χ2v) is 6.72. The van der Waals surface area contributed by atoms with E-state index in [0.717, 1.165) is 0 Å². The number of hydrogen-bond donors (Lipinski definition) is 1. The van der Waals surface area contributed by atoms with Crippen LogP contribution in [-0.4, -0.2) is 21.4 Å². The molecule has 3 rings (SSSR count). The Morgan fingerprint density at radius 3 is 2.46 bits per heavy atom. The summed E-state index contributed by atoms with van der Waals surface area (Å²) in [6.07, 6.45) is 3.08. The highest BCUT2D eigenvalue weighted by Crippen LogP contribution is 2.38. The summed E-state index contributed by atoms with van der Waals surface area (Å²) >= 11 is -0.321. The van der Waals surface area contributed by atoms with Crippen molar-refractivity contribution in [3.63, 3.8) is 0 Å². The van der Waals surface area contributed by atoms with Gasteiger partial charge < -0.3 is 10.1 Å². The molecule has 2 aromatic carbocycles. The number of halogens is 3. The lowest BCUT2D eigenvalue weighted by atomic mass is 10.1. The van der Waals surface area contributed by atoms with Gasteiger partial charge in [-0.05, 0) is 60.6 Å². The normalized spacial score (nSPS) is 11.1. The van der Waals surface area contributed by atoms with E-state index in [0.29, 0.717) is 17.0 Å². The Kier molecular flexibility index (Phi) is 5.84. The zero-order valence-electron chi connectivity index (χ0n) is 14.5. The van der Waals surface area contributed by atoms with E-state index in [1.807, 2.05) is 0 Å². The first-order valence-electron chi connectivity index (χ1n) is 8.03. The number of nitrogens with one attached hydrogen (secondary N) is 1. The highest BCUT2D eigenvalue weighted by Gasteiger charge is 2.31. The number of aromatic nitrogens is 2. The number of alkyl halides is 3. The number of carbonyl (C=O) groups excluding carboxylic acids is 1. The van der Waals surface area contributed by atoms with Crippen molar-refractivity contribution in [2.45, 2.75) is 17.3 Å². The molecule has 1 amide bonds. The molecule has 0 atom stereocenters. The third-order valence-corrected chi connectivity index (χ3v) is 4.36. The maximum Gasteiger partial charge on any atom is 0.446 e. The van der Waals surface area contributed by atoms with Gasteiger partial charge in [-0.1, -0.05) is 12.1 Å². The Labute approximate surface area is 163 Å². The molecule has 0 aliphatic carbocycles. The second kappa shape index (κ2) is 8.30. The first kappa shape index (κ1) is 19.7. The summed E-state index contributed by atoms with van der Waals surface area (Å²) in [5, 5.41) is 2.64. The zero-order valence-corrected chi connectivity index (χ0v) is 15.3. The van der Waals surface area contributed by atoms with Gasteiger partial charge in [-0.25, -0.2) is 9.97 Å².